The van der Waals surface area contributed by atoms with Crippen molar-refractivity contribution in [3.8, 4) is 11.5 Å². The summed E-state index contributed by atoms with van der Waals surface area (Å²) in [6.45, 7) is 6.51. The monoisotopic (exact) mass is 314 g/mol. The summed E-state index contributed by atoms with van der Waals surface area (Å²) in [4.78, 5) is 0. The van der Waals surface area contributed by atoms with E-state index in [1.165, 1.54) is 16.7 Å². The second kappa shape index (κ2) is 10.7. The van der Waals surface area contributed by atoms with Crippen molar-refractivity contribution >= 4 is 0 Å². The van der Waals surface area contributed by atoms with Gasteiger partial charge in [-0.1, -0.05) is 41.5 Å². The number of benzene rings is 1. The van der Waals surface area contributed by atoms with Gasteiger partial charge in [-0.05, 0) is 64.2 Å². The van der Waals surface area contributed by atoms with E-state index in [4.69, 9.17) is 9.47 Å². The maximum Gasteiger partial charge on any atom is 0.160 e. The Bertz CT molecular complexity index is 561. The third-order valence-electron chi connectivity index (χ3n) is 3.66. The summed E-state index contributed by atoms with van der Waals surface area (Å²) < 4.78 is 10.6. The summed E-state index contributed by atoms with van der Waals surface area (Å²) in [5, 5.41) is 0. The maximum absolute atomic E-state index is 5.33. The highest BCUT2D eigenvalue weighted by Crippen LogP contribution is 2.27. The van der Waals surface area contributed by atoms with E-state index in [9.17, 15) is 0 Å². The van der Waals surface area contributed by atoms with Gasteiger partial charge in [0, 0.05) is 0 Å². The average molecular weight is 314 g/mol. The highest BCUT2D eigenvalue weighted by Gasteiger charge is 2.03. The lowest BCUT2D eigenvalue weighted by molar-refractivity contribution is 0.354. The number of hydrogen-bond acceptors (Lipinski definition) is 2. The van der Waals surface area contributed by atoms with E-state index >= 15 is 0 Å². The van der Waals surface area contributed by atoms with Gasteiger partial charge in [-0.15, -0.1) is 0 Å². The fourth-order valence-electron chi connectivity index (χ4n) is 2.28. The minimum atomic E-state index is 0.773. The van der Waals surface area contributed by atoms with Crippen molar-refractivity contribution in [2.24, 2.45) is 0 Å². The van der Waals surface area contributed by atoms with Crippen LogP contribution >= 0.6 is 0 Å². The van der Waals surface area contributed by atoms with Gasteiger partial charge in [0.1, 0.15) is 0 Å². The van der Waals surface area contributed by atoms with E-state index < -0.39 is 0 Å². The standard InChI is InChI=1S/C21H30O2/c1-17(2)10-9-12-18(3)11-7-6-8-13-19-14-15-20(22-4)21(16-19)23-5/h6,8,10-11,14-16H,7,9,12-13H2,1-5H3/b8-6+,18-11+. The smallest absolute Gasteiger partial charge is 0.160 e. The quantitative estimate of drug-likeness (QED) is 0.529. The summed E-state index contributed by atoms with van der Waals surface area (Å²) >= 11 is 0. The molecule has 0 fully saturated rings. The second-order valence-corrected chi connectivity index (χ2v) is 5.97. The molecule has 0 unspecified atom stereocenters. The van der Waals surface area contributed by atoms with Gasteiger partial charge in [0.05, 0.1) is 14.2 Å². The van der Waals surface area contributed by atoms with E-state index in [0.29, 0.717) is 0 Å². The molecule has 1 aromatic carbocycles. The van der Waals surface area contributed by atoms with Crippen molar-refractivity contribution in [2.75, 3.05) is 14.2 Å². The van der Waals surface area contributed by atoms with Gasteiger partial charge < -0.3 is 9.47 Å². The van der Waals surface area contributed by atoms with E-state index in [2.05, 4.69) is 51.1 Å². The SMILES string of the molecule is COc1ccc(C/C=C/C/C=C(\C)CCC=C(C)C)cc1OC. The minimum Gasteiger partial charge on any atom is -0.493 e. The Morgan fingerprint density at radius 3 is 2.35 bits per heavy atom. The van der Waals surface area contributed by atoms with Crippen LogP contribution in [0, 0.1) is 0 Å². The lowest BCUT2D eigenvalue weighted by atomic mass is 10.1. The van der Waals surface area contributed by atoms with Crippen LogP contribution in [0.25, 0.3) is 0 Å². The Balaban J connectivity index is 2.43. The molecule has 1 rings (SSSR count). The largest absolute Gasteiger partial charge is 0.493 e. The van der Waals surface area contributed by atoms with Gasteiger partial charge in [-0.2, -0.15) is 0 Å². The van der Waals surface area contributed by atoms with Gasteiger partial charge in [-0.25, -0.2) is 0 Å². The van der Waals surface area contributed by atoms with Gasteiger partial charge in [0.15, 0.2) is 11.5 Å². The fourth-order valence-corrected chi connectivity index (χ4v) is 2.28. The summed E-state index contributed by atoms with van der Waals surface area (Å²) in [5.41, 5.74) is 4.08. The summed E-state index contributed by atoms with van der Waals surface area (Å²) in [5.74, 6) is 1.56. The van der Waals surface area contributed by atoms with Crippen molar-refractivity contribution in [3.63, 3.8) is 0 Å². The Labute approximate surface area is 141 Å². The van der Waals surface area contributed by atoms with Crippen molar-refractivity contribution in [1.29, 1.82) is 0 Å². The van der Waals surface area contributed by atoms with Gasteiger partial charge in [-0.3, -0.25) is 0 Å². The van der Waals surface area contributed by atoms with E-state index in [0.717, 1.165) is 37.2 Å². The van der Waals surface area contributed by atoms with Crippen LogP contribution in [0.5, 0.6) is 11.5 Å². The first-order valence-corrected chi connectivity index (χ1v) is 8.21. The molecule has 0 saturated heterocycles. The Hall–Kier alpha value is -1.96. The zero-order valence-electron chi connectivity index (χ0n) is 15.2. The van der Waals surface area contributed by atoms with Crippen LogP contribution < -0.4 is 9.47 Å². The van der Waals surface area contributed by atoms with Crippen LogP contribution in [-0.4, -0.2) is 14.2 Å². The first-order chi connectivity index (χ1) is 11.1. The molecule has 0 aliphatic heterocycles. The minimum absolute atomic E-state index is 0.773. The molecular formula is C21H30O2. The van der Waals surface area contributed by atoms with Gasteiger partial charge in [0.25, 0.3) is 0 Å². The molecule has 0 amide bonds. The van der Waals surface area contributed by atoms with Crippen LogP contribution in [0.3, 0.4) is 0 Å². The summed E-state index contributed by atoms with van der Waals surface area (Å²) in [7, 11) is 3.32. The maximum atomic E-state index is 5.33. The van der Waals surface area contributed by atoms with Crippen molar-refractivity contribution < 1.29 is 9.47 Å². The third-order valence-corrected chi connectivity index (χ3v) is 3.66. The highest BCUT2D eigenvalue weighted by molar-refractivity contribution is 5.43. The van der Waals surface area contributed by atoms with E-state index in [-0.39, 0.29) is 0 Å². The molecule has 1 aromatic rings. The molecule has 0 saturated carbocycles. The second-order valence-electron chi connectivity index (χ2n) is 5.97. The van der Waals surface area contributed by atoms with Crippen molar-refractivity contribution in [2.45, 2.75) is 46.5 Å². The molecule has 0 aliphatic carbocycles. The van der Waals surface area contributed by atoms with E-state index in [1.54, 1.807) is 14.2 Å². The Kier molecular flexibility index (Phi) is 8.89. The fraction of sp³-hybridized carbons (Fsp3) is 0.429. The zero-order chi connectivity index (χ0) is 17.1. The molecule has 0 aliphatic rings. The number of methoxy groups -OCH3 is 2. The molecule has 23 heavy (non-hydrogen) atoms. The first-order valence-electron chi connectivity index (χ1n) is 8.21. The van der Waals surface area contributed by atoms with Crippen LogP contribution in [0.15, 0.2) is 53.6 Å². The molecule has 2 heteroatoms. The third kappa shape index (κ3) is 7.73. The first kappa shape index (κ1) is 19.1. The topological polar surface area (TPSA) is 18.5 Å². The van der Waals surface area contributed by atoms with Crippen LogP contribution in [0.4, 0.5) is 0 Å². The van der Waals surface area contributed by atoms with Gasteiger partial charge >= 0.3 is 0 Å². The Morgan fingerprint density at radius 2 is 1.70 bits per heavy atom. The molecule has 0 radical (unpaired) electrons. The van der Waals surface area contributed by atoms with Crippen molar-refractivity contribution in [1.82, 2.24) is 0 Å². The van der Waals surface area contributed by atoms with Crippen molar-refractivity contribution in [3.05, 3.63) is 59.2 Å². The molecule has 0 bridgehead atoms. The molecule has 0 heterocycles. The number of hydrogen-bond donors (Lipinski definition) is 0. The lowest BCUT2D eigenvalue weighted by Crippen LogP contribution is -1.91. The number of rotatable bonds is 9. The summed E-state index contributed by atoms with van der Waals surface area (Å²) in [6.07, 6.45) is 13.2. The zero-order valence-corrected chi connectivity index (χ0v) is 15.2. The molecule has 0 atom stereocenters. The Morgan fingerprint density at radius 1 is 0.957 bits per heavy atom. The molecule has 126 valence electrons. The van der Waals surface area contributed by atoms with Crippen LogP contribution in [0.1, 0.15) is 45.6 Å². The average Bonchev–Trinajstić information content (AvgIpc) is 2.53. The highest BCUT2D eigenvalue weighted by atomic mass is 16.5. The molecular weight excluding hydrogens is 284 g/mol. The van der Waals surface area contributed by atoms with Crippen LogP contribution in [0.2, 0.25) is 0 Å². The molecule has 0 N–H and O–H groups in total. The van der Waals surface area contributed by atoms with E-state index in [1.807, 2.05) is 12.1 Å². The lowest BCUT2D eigenvalue weighted by Gasteiger charge is -2.08. The van der Waals surface area contributed by atoms with Crippen LogP contribution in [-0.2, 0) is 6.42 Å². The molecule has 0 aromatic heterocycles. The van der Waals surface area contributed by atoms with Gasteiger partial charge in [0.2, 0.25) is 0 Å². The number of allylic oxidation sites excluding steroid dienone is 6. The molecule has 0 spiro atoms. The normalized spacial score (nSPS) is 11.6. The summed E-state index contributed by atoms with van der Waals surface area (Å²) in [6, 6.07) is 6.06. The molecule has 2 nitrogen and oxygen atoms in total. The predicted octanol–water partition coefficient (Wildman–Crippen LogP) is 5.89. The predicted molar refractivity (Wildman–Crippen MR) is 99.4 cm³/mol. The number of ether oxygens (including phenoxy) is 2.